The van der Waals surface area contributed by atoms with E-state index in [1.165, 1.54) is 5.57 Å². The van der Waals surface area contributed by atoms with Crippen LogP contribution in [-0.2, 0) is 0 Å². The van der Waals surface area contributed by atoms with E-state index in [2.05, 4.69) is 34.9 Å². The van der Waals surface area contributed by atoms with Crippen molar-refractivity contribution in [1.29, 1.82) is 0 Å². The molecular formula is C11H20BrN3. The summed E-state index contributed by atoms with van der Waals surface area (Å²) in [6.07, 6.45) is 4.20. The number of hydrogen-bond donors (Lipinski definition) is 1. The normalized spacial score (nSPS) is 24.3. The molecule has 4 heteroatoms. The van der Waals surface area contributed by atoms with Gasteiger partial charge in [-0.2, -0.15) is 5.10 Å². The van der Waals surface area contributed by atoms with E-state index in [9.17, 15) is 0 Å². The predicted molar refractivity (Wildman–Crippen MR) is 69.1 cm³/mol. The van der Waals surface area contributed by atoms with E-state index >= 15 is 0 Å². The Bertz CT molecular complexity index is 273. The molecule has 1 aliphatic rings. The van der Waals surface area contributed by atoms with Gasteiger partial charge in [-0.05, 0) is 13.3 Å². The van der Waals surface area contributed by atoms with Crippen LogP contribution in [0.3, 0.4) is 0 Å². The maximum atomic E-state index is 6.12. The van der Waals surface area contributed by atoms with E-state index in [0.29, 0.717) is 5.92 Å². The maximum Gasteiger partial charge on any atom is 0.0635 e. The number of allylic oxidation sites excluding steroid dienone is 2. The fraction of sp³-hybridized carbons (Fsp3) is 0.727. The topological polar surface area (TPSA) is 41.6 Å². The second-order valence-corrected chi connectivity index (χ2v) is 5.14. The molecule has 15 heavy (non-hydrogen) atoms. The van der Waals surface area contributed by atoms with Crippen molar-refractivity contribution >= 4 is 22.1 Å². The number of hydrazone groups is 1. The molecule has 1 aliphatic heterocycles. The lowest BCUT2D eigenvalue weighted by molar-refractivity contribution is 0.362. The molecule has 0 saturated heterocycles. The van der Waals surface area contributed by atoms with Gasteiger partial charge in [0.2, 0.25) is 0 Å². The Labute approximate surface area is 101 Å². The fourth-order valence-corrected chi connectivity index (χ4v) is 2.45. The number of alkyl halides is 1. The molecule has 0 aromatic heterocycles. The summed E-state index contributed by atoms with van der Waals surface area (Å²) >= 11 is 3.67. The molecule has 2 N–H and O–H groups in total. The molecule has 0 saturated carbocycles. The first-order chi connectivity index (χ1) is 7.06. The summed E-state index contributed by atoms with van der Waals surface area (Å²) in [6.45, 7) is 5.23. The third kappa shape index (κ3) is 3.23. The Balaban J connectivity index is 2.64. The van der Waals surface area contributed by atoms with Gasteiger partial charge >= 0.3 is 0 Å². The molecule has 0 bridgehead atoms. The molecule has 0 spiro atoms. The molecule has 0 aromatic carbocycles. The average molecular weight is 274 g/mol. The summed E-state index contributed by atoms with van der Waals surface area (Å²) in [5, 5.41) is 6.17. The van der Waals surface area contributed by atoms with Crippen LogP contribution < -0.4 is 5.73 Å². The molecule has 2 unspecified atom stereocenters. The first-order valence-electron chi connectivity index (χ1n) is 5.40. The molecule has 1 heterocycles. The van der Waals surface area contributed by atoms with Crippen LogP contribution in [0.25, 0.3) is 0 Å². The van der Waals surface area contributed by atoms with Crippen molar-refractivity contribution in [2.75, 3.05) is 13.6 Å². The molecule has 1 rings (SSSR count). The molecule has 86 valence electrons. The van der Waals surface area contributed by atoms with Crippen LogP contribution in [0.2, 0.25) is 0 Å². The van der Waals surface area contributed by atoms with E-state index in [4.69, 9.17) is 5.73 Å². The standard InChI is InChI=1S/C11H20BrN3/c1-4-5-8(2)11(13)10(12)9-6-14-15(3)7-9/h6,9-10H,4-5,7,13H2,1-3H3/b11-8+. The van der Waals surface area contributed by atoms with Crippen LogP contribution in [-0.4, -0.2) is 29.6 Å². The first kappa shape index (κ1) is 12.6. The maximum absolute atomic E-state index is 6.12. The smallest absolute Gasteiger partial charge is 0.0635 e. The summed E-state index contributed by atoms with van der Waals surface area (Å²) in [6, 6.07) is 0. The number of nitrogens with zero attached hydrogens (tertiary/aromatic N) is 2. The summed E-state index contributed by atoms with van der Waals surface area (Å²) in [7, 11) is 1.98. The van der Waals surface area contributed by atoms with Crippen LogP contribution in [0.15, 0.2) is 16.4 Å². The second kappa shape index (κ2) is 5.54. The monoisotopic (exact) mass is 273 g/mol. The van der Waals surface area contributed by atoms with Gasteiger partial charge in [-0.3, -0.25) is 5.01 Å². The summed E-state index contributed by atoms with van der Waals surface area (Å²) < 4.78 is 0. The van der Waals surface area contributed by atoms with E-state index in [0.717, 1.165) is 25.1 Å². The van der Waals surface area contributed by atoms with Crippen LogP contribution in [0.5, 0.6) is 0 Å². The molecular weight excluding hydrogens is 254 g/mol. The lowest BCUT2D eigenvalue weighted by Gasteiger charge is -2.19. The number of hydrogen-bond acceptors (Lipinski definition) is 3. The SMILES string of the molecule is CCC/C(C)=C(/N)C(Br)C1C=NN(C)C1. The summed E-state index contributed by atoms with van der Waals surface area (Å²) in [4.78, 5) is 0.220. The molecule has 0 amide bonds. The number of halogens is 1. The van der Waals surface area contributed by atoms with Gasteiger partial charge in [-0.25, -0.2) is 0 Å². The Hall–Kier alpha value is -0.510. The van der Waals surface area contributed by atoms with Gasteiger partial charge in [0.15, 0.2) is 0 Å². The molecule has 3 nitrogen and oxygen atoms in total. The van der Waals surface area contributed by atoms with Gasteiger partial charge in [0, 0.05) is 31.4 Å². The molecule has 0 radical (unpaired) electrons. The predicted octanol–water partition coefficient (Wildman–Crippen LogP) is 2.33. The molecule has 0 fully saturated rings. The zero-order valence-corrected chi connectivity index (χ0v) is 11.3. The van der Waals surface area contributed by atoms with Crippen molar-refractivity contribution in [1.82, 2.24) is 5.01 Å². The molecule has 0 aromatic rings. The minimum Gasteiger partial charge on any atom is -0.401 e. The van der Waals surface area contributed by atoms with Gasteiger partial charge < -0.3 is 5.73 Å². The van der Waals surface area contributed by atoms with Crippen LogP contribution in [0.4, 0.5) is 0 Å². The number of nitrogens with two attached hydrogens (primary N) is 1. The Morgan fingerprint density at radius 3 is 2.87 bits per heavy atom. The summed E-state index contributed by atoms with van der Waals surface area (Å²) in [5.74, 6) is 0.391. The Morgan fingerprint density at radius 2 is 2.40 bits per heavy atom. The van der Waals surface area contributed by atoms with Crippen LogP contribution in [0, 0.1) is 5.92 Å². The highest BCUT2D eigenvalue weighted by atomic mass is 79.9. The van der Waals surface area contributed by atoms with Gasteiger partial charge in [-0.15, -0.1) is 0 Å². The summed E-state index contributed by atoms with van der Waals surface area (Å²) in [5.41, 5.74) is 8.39. The van der Waals surface area contributed by atoms with Crippen molar-refractivity contribution in [3.63, 3.8) is 0 Å². The minimum atomic E-state index is 0.220. The van der Waals surface area contributed by atoms with E-state index in [1.54, 1.807) is 0 Å². The molecule has 0 aliphatic carbocycles. The van der Waals surface area contributed by atoms with Gasteiger partial charge in [0.25, 0.3) is 0 Å². The van der Waals surface area contributed by atoms with Gasteiger partial charge in [0.1, 0.15) is 0 Å². The Morgan fingerprint density at radius 1 is 1.73 bits per heavy atom. The van der Waals surface area contributed by atoms with Crippen molar-refractivity contribution in [3.05, 3.63) is 11.3 Å². The first-order valence-corrected chi connectivity index (χ1v) is 6.32. The van der Waals surface area contributed by atoms with E-state index in [1.807, 2.05) is 18.3 Å². The third-order valence-corrected chi connectivity index (χ3v) is 3.89. The Kier molecular flexibility index (Phi) is 4.64. The third-order valence-electron chi connectivity index (χ3n) is 2.72. The van der Waals surface area contributed by atoms with E-state index in [-0.39, 0.29) is 4.83 Å². The van der Waals surface area contributed by atoms with Gasteiger partial charge in [0.05, 0.1) is 4.83 Å². The highest BCUT2D eigenvalue weighted by molar-refractivity contribution is 9.09. The quantitative estimate of drug-likeness (QED) is 0.799. The number of rotatable bonds is 4. The average Bonchev–Trinajstić information content (AvgIpc) is 2.63. The van der Waals surface area contributed by atoms with Crippen molar-refractivity contribution < 1.29 is 0 Å². The van der Waals surface area contributed by atoms with Crippen molar-refractivity contribution in [2.45, 2.75) is 31.5 Å². The largest absolute Gasteiger partial charge is 0.401 e. The fourth-order valence-electron chi connectivity index (χ4n) is 1.75. The zero-order chi connectivity index (χ0) is 11.4. The minimum absolute atomic E-state index is 0.220. The lowest BCUT2D eigenvalue weighted by atomic mass is 10.0. The van der Waals surface area contributed by atoms with Crippen LogP contribution >= 0.6 is 15.9 Å². The lowest BCUT2D eigenvalue weighted by Crippen LogP contribution is -2.27. The highest BCUT2D eigenvalue weighted by Crippen LogP contribution is 2.24. The van der Waals surface area contributed by atoms with Crippen molar-refractivity contribution in [3.8, 4) is 0 Å². The van der Waals surface area contributed by atoms with Gasteiger partial charge in [-0.1, -0.05) is 34.8 Å². The van der Waals surface area contributed by atoms with E-state index < -0.39 is 0 Å². The van der Waals surface area contributed by atoms with Crippen LogP contribution in [0.1, 0.15) is 26.7 Å². The highest BCUT2D eigenvalue weighted by Gasteiger charge is 2.25. The molecule has 2 atom stereocenters. The zero-order valence-electron chi connectivity index (χ0n) is 9.70. The second-order valence-electron chi connectivity index (χ2n) is 4.16. The van der Waals surface area contributed by atoms with Crippen molar-refractivity contribution in [2.24, 2.45) is 16.8 Å².